The lowest BCUT2D eigenvalue weighted by molar-refractivity contribution is 0.0649. The van der Waals surface area contributed by atoms with Crippen LogP contribution in [0.15, 0.2) is 11.4 Å². The number of aryl methyl sites for hydroxylation is 3. The van der Waals surface area contributed by atoms with E-state index in [1.54, 1.807) is 11.3 Å². The first-order chi connectivity index (χ1) is 11.4. The topological polar surface area (TPSA) is 53.9 Å². The minimum Gasteiger partial charge on any atom is -0.367 e. The number of nitrogens with one attached hydrogen (secondary N) is 1. The van der Waals surface area contributed by atoms with Gasteiger partial charge in [-0.25, -0.2) is 19.3 Å². The van der Waals surface area contributed by atoms with E-state index in [1.165, 1.54) is 0 Å². The van der Waals surface area contributed by atoms with Crippen molar-refractivity contribution in [3.05, 3.63) is 33.7 Å². The smallest absolute Gasteiger partial charge is 0.130 e. The number of alkyl halides is 1. The first-order valence-electron chi connectivity index (χ1n) is 8.30. The van der Waals surface area contributed by atoms with Crippen LogP contribution >= 0.6 is 11.3 Å². The summed E-state index contributed by atoms with van der Waals surface area (Å²) in [5, 5.41) is 6.33. The Morgan fingerprint density at radius 3 is 2.58 bits per heavy atom. The largest absolute Gasteiger partial charge is 0.367 e. The molecule has 0 bridgehead atoms. The van der Waals surface area contributed by atoms with Crippen molar-refractivity contribution in [1.29, 1.82) is 0 Å². The molecule has 1 fully saturated rings. The quantitative estimate of drug-likeness (QED) is 0.898. The van der Waals surface area contributed by atoms with E-state index in [1.807, 2.05) is 26.8 Å². The van der Waals surface area contributed by atoms with Gasteiger partial charge in [0.2, 0.25) is 0 Å². The summed E-state index contributed by atoms with van der Waals surface area (Å²) < 4.78 is 15.0. The van der Waals surface area contributed by atoms with Gasteiger partial charge in [0.25, 0.3) is 0 Å². The van der Waals surface area contributed by atoms with E-state index in [9.17, 15) is 0 Å². The van der Waals surface area contributed by atoms with Crippen LogP contribution in [0.5, 0.6) is 0 Å². The SMILES string of the molecule is Cc1cc(NCC2(F)CCN(Cc3csc(C)n3)CC2)nc(C)n1. The Labute approximate surface area is 146 Å². The monoisotopic (exact) mass is 349 g/mol. The number of piperidine rings is 1. The molecule has 2 aromatic rings. The number of hydrogen-bond acceptors (Lipinski definition) is 6. The van der Waals surface area contributed by atoms with Gasteiger partial charge in [0, 0.05) is 36.8 Å². The number of anilines is 1. The van der Waals surface area contributed by atoms with E-state index in [0.29, 0.717) is 31.0 Å². The van der Waals surface area contributed by atoms with E-state index in [4.69, 9.17) is 0 Å². The van der Waals surface area contributed by atoms with Gasteiger partial charge in [0.05, 0.1) is 17.2 Å². The van der Waals surface area contributed by atoms with Crippen LogP contribution in [0.3, 0.4) is 0 Å². The highest BCUT2D eigenvalue weighted by Crippen LogP contribution is 2.28. The lowest BCUT2D eigenvalue weighted by Crippen LogP contribution is -2.45. The molecule has 3 heterocycles. The van der Waals surface area contributed by atoms with Gasteiger partial charge in [-0.3, -0.25) is 4.90 Å². The summed E-state index contributed by atoms with van der Waals surface area (Å²) in [5.74, 6) is 1.41. The molecule has 0 unspecified atom stereocenters. The van der Waals surface area contributed by atoms with Crippen LogP contribution in [-0.2, 0) is 6.54 Å². The third-order valence-corrected chi connectivity index (χ3v) is 5.18. The van der Waals surface area contributed by atoms with Gasteiger partial charge in [-0.1, -0.05) is 0 Å². The molecule has 24 heavy (non-hydrogen) atoms. The van der Waals surface area contributed by atoms with E-state index < -0.39 is 5.67 Å². The van der Waals surface area contributed by atoms with Crippen molar-refractivity contribution in [3.63, 3.8) is 0 Å². The number of aromatic nitrogens is 3. The van der Waals surface area contributed by atoms with Crippen LogP contribution in [-0.4, -0.2) is 45.2 Å². The molecule has 0 radical (unpaired) electrons. The van der Waals surface area contributed by atoms with E-state index in [-0.39, 0.29) is 0 Å². The lowest BCUT2D eigenvalue weighted by atomic mass is 9.93. The Kier molecular flexibility index (Phi) is 5.10. The number of halogens is 1. The van der Waals surface area contributed by atoms with Crippen molar-refractivity contribution >= 4 is 17.2 Å². The number of nitrogens with zero attached hydrogens (tertiary/aromatic N) is 4. The Balaban J connectivity index is 1.50. The maximum absolute atomic E-state index is 15.0. The second-order valence-electron chi connectivity index (χ2n) is 6.58. The molecule has 1 aliphatic rings. The Morgan fingerprint density at radius 1 is 1.21 bits per heavy atom. The maximum atomic E-state index is 15.0. The van der Waals surface area contributed by atoms with Crippen LogP contribution in [0.4, 0.5) is 10.2 Å². The van der Waals surface area contributed by atoms with Crippen LogP contribution in [0.25, 0.3) is 0 Å². The molecular weight excluding hydrogens is 325 g/mol. The van der Waals surface area contributed by atoms with Crippen LogP contribution in [0.2, 0.25) is 0 Å². The first kappa shape index (κ1) is 17.2. The molecule has 0 amide bonds. The Morgan fingerprint density at radius 2 is 1.96 bits per heavy atom. The van der Waals surface area contributed by atoms with E-state index >= 15 is 4.39 Å². The Hall–Kier alpha value is -1.60. The highest BCUT2D eigenvalue weighted by atomic mass is 32.1. The summed E-state index contributed by atoms with van der Waals surface area (Å²) >= 11 is 1.67. The number of thiazole rings is 1. The molecule has 1 aliphatic heterocycles. The number of rotatable bonds is 5. The number of hydrogen-bond donors (Lipinski definition) is 1. The summed E-state index contributed by atoms with van der Waals surface area (Å²) in [7, 11) is 0. The Bertz CT molecular complexity index is 674. The fourth-order valence-corrected chi connectivity index (χ4v) is 3.66. The summed E-state index contributed by atoms with van der Waals surface area (Å²) in [6, 6.07) is 1.86. The van der Waals surface area contributed by atoms with Gasteiger partial charge >= 0.3 is 0 Å². The minimum absolute atomic E-state index is 0.298. The molecule has 1 saturated heterocycles. The van der Waals surface area contributed by atoms with E-state index in [0.717, 1.165) is 36.0 Å². The molecule has 0 saturated carbocycles. The second-order valence-corrected chi connectivity index (χ2v) is 7.64. The molecule has 1 N–H and O–H groups in total. The summed E-state index contributed by atoms with van der Waals surface area (Å²) in [6.07, 6.45) is 1.07. The molecule has 0 atom stereocenters. The van der Waals surface area contributed by atoms with Gasteiger partial charge in [-0.2, -0.15) is 0 Å². The van der Waals surface area contributed by atoms with Gasteiger partial charge in [0.1, 0.15) is 17.3 Å². The summed E-state index contributed by atoms with van der Waals surface area (Å²) in [4.78, 5) is 15.3. The summed E-state index contributed by atoms with van der Waals surface area (Å²) in [6.45, 7) is 8.42. The van der Waals surface area contributed by atoms with Crippen molar-refractivity contribution in [2.45, 2.75) is 45.8 Å². The average Bonchev–Trinajstić information content (AvgIpc) is 2.92. The third-order valence-electron chi connectivity index (χ3n) is 4.36. The van der Waals surface area contributed by atoms with Crippen LogP contribution in [0.1, 0.15) is 35.1 Å². The minimum atomic E-state index is -1.18. The molecule has 3 rings (SSSR count). The first-order valence-corrected chi connectivity index (χ1v) is 9.18. The zero-order valence-corrected chi connectivity index (χ0v) is 15.3. The maximum Gasteiger partial charge on any atom is 0.130 e. The molecule has 2 aromatic heterocycles. The third kappa shape index (κ3) is 4.48. The van der Waals surface area contributed by atoms with Crippen LogP contribution in [0, 0.1) is 20.8 Å². The molecular formula is C17H24FN5S. The molecule has 7 heteroatoms. The molecule has 0 aromatic carbocycles. The molecule has 130 valence electrons. The fraction of sp³-hybridized carbons (Fsp3) is 0.588. The van der Waals surface area contributed by atoms with Gasteiger partial charge in [0.15, 0.2) is 0 Å². The van der Waals surface area contributed by atoms with Crippen molar-refractivity contribution in [2.24, 2.45) is 0 Å². The zero-order chi connectivity index (χ0) is 17.2. The predicted molar refractivity (Wildman–Crippen MR) is 95.2 cm³/mol. The number of likely N-dealkylation sites (tertiary alicyclic amines) is 1. The standard InChI is InChI=1S/C17H24FN5S/c1-12-8-16(21-13(2)20-12)19-11-17(18)4-6-23(7-5-17)9-15-10-24-14(3)22-15/h8,10H,4-7,9,11H2,1-3H3,(H,19,20,21). The van der Waals surface area contributed by atoms with Gasteiger partial charge in [-0.15, -0.1) is 11.3 Å². The highest BCUT2D eigenvalue weighted by molar-refractivity contribution is 7.09. The average molecular weight is 349 g/mol. The molecule has 0 aliphatic carbocycles. The van der Waals surface area contributed by atoms with Gasteiger partial charge in [-0.05, 0) is 33.6 Å². The predicted octanol–water partition coefficient (Wildman–Crippen LogP) is 3.27. The van der Waals surface area contributed by atoms with Crippen molar-refractivity contribution in [1.82, 2.24) is 19.9 Å². The van der Waals surface area contributed by atoms with Gasteiger partial charge < -0.3 is 5.32 Å². The molecule has 5 nitrogen and oxygen atoms in total. The zero-order valence-electron chi connectivity index (χ0n) is 14.5. The molecule has 0 spiro atoms. The lowest BCUT2D eigenvalue weighted by Gasteiger charge is -2.36. The normalized spacial score (nSPS) is 17.8. The second kappa shape index (κ2) is 7.11. The van der Waals surface area contributed by atoms with E-state index in [2.05, 4.69) is 30.5 Å². The fourth-order valence-electron chi connectivity index (χ4n) is 3.06. The summed E-state index contributed by atoms with van der Waals surface area (Å²) in [5.41, 5.74) is 0.807. The van der Waals surface area contributed by atoms with Crippen molar-refractivity contribution in [2.75, 3.05) is 25.0 Å². The highest BCUT2D eigenvalue weighted by Gasteiger charge is 2.34. The van der Waals surface area contributed by atoms with Crippen LogP contribution < -0.4 is 5.32 Å². The van der Waals surface area contributed by atoms with Crippen molar-refractivity contribution in [3.8, 4) is 0 Å². The van der Waals surface area contributed by atoms with Crippen molar-refractivity contribution < 1.29 is 4.39 Å².